The topological polar surface area (TPSA) is 59.6 Å². The van der Waals surface area contributed by atoms with E-state index < -0.39 is 0 Å². The summed E-state index contributed by atoms with van der Waals surface area (Å²) in [7, 11) is 1.65. The Kier molecular flexibility index (Phi) is 6.41. The van der Waals surface area contributed by atoms with Crippen LogP contribution >= 0.6 is 0 Å². The number of ether oxygens (including phenoxy) is 1. The number of aliphatic imine (C=N–C) groups is 1. The van der Waals surface area contributed by atoms with Crippen molar-refractivity contribution in [2.75, 3.05) is 20.2 Å². The zero-order valence-electron chi connectivity index (χ0n) is 13.3. The van der Waals surface area contributed by atoms with Gasteiger partial charge in [-0.2, -0.15) is 0 Å². The van der Waals surface area contributed by atoms with Crippen molar-refractivity contribution in [3.05, 3.63) is 65.5 Å². The maximum absolute atomic E-state index is 13.5. The van der Waals surface area contributed by atoms with Crippen LogP contribution in [0.4, 0.5) is 4.39 Å². The van der Waals surface area contributed by atoms with E-state index in [2.05, 4.69) is 10.3 Å². The summed E-state index contributed by atoms with van der Waals surface area (Å²) in [5.41, 5.74) is 7.66. The number of hydrogen-bond donors (Lipinski definition) is 2. The lowest BCUT2D eigenvalue weighted by Crippen LogP contribution is -2.33. The van der Waals surface area contributed by atoms with Crippen LogP contribution in [0.5, 0.6) is 5.75 Å². The molecular weight excluding hydrogens is 293 g/mol. The Labute approximate surface area is 136 Å². The molecule has 0 unspecified atom stereocenters. The molecule has 0 atom stereocenters. The van der Waals surface area contributed by atoms with Gasteiger partial charge in [0, 0.05) is 13.1 Å². The van der Waals surface area contributed by atoms with Gasteiger partial charge in [0.1, 0.15) is 11.6 Å². The third-order valence-electron chi connectivity index (χ3n) is 3.50. The molecule has 0 radical (unpaired) electrons. The SMILES string of the molecule is COc1ccc(CCNC(N)=NCCc2ccccc2F)cc1. The summed E-state index contributed by atoms with van der Waals surface area (Å²) in [6.45, 7) is 1.16. The summed E-state index contributed by atoms with van der Waals surface area (Å²) in [5.74, 6) is 1.03. The summed E-state index contributed by atoms with van der Waals surface area (Å²) in [4.78, 5) is 4.22. The molecule has 0 aliphatic heterocycles. The Morgan fingerprint density at radius 3 is 2.57 bits per heavy atom. The molecule has 0 heterocycles. The van der Waals surface area contributed by atoms with Crippen molar-refractivity contribution in [2.45, 2.75) is 12.8 Å². The number of guanidine groups is 1. The predicted octanol–water partition coefficient (Wildman–Crippen LogP) is 2.52. The minimum absolute atomic E-state index is 0.200. The van der Waals surface area contributed by atoms with Gasteiger partial charge in [0.25, 0.3) is 0 Å². The number of benzene rings is 2. The van der Waals surface area contributed by atoms with E-state index in [-0.39, 0.29) is 5.82 Å². The Morgan fingerprint density at radius 1 is 1.13 bits per heavy atom. The van der Waals surface area contributed by atoms with Crippen LogP contribution in [0.25, 0.3) is 0 Å². The van der Waals surface area contributed by atoms with Crippen molar-refractivity contribution in [3.8, 4) is 5.75 Å². The third kappa shape index (κ3) is 5.62. The molecule has 23 heavy (non-hydrogen) atoms. The van der Waals surface area contributed by atoms with Gasteiger partial charge in [-0.05, 0) is 42.2 Å². The minimum Gasteiger partial charge on any atom is -0.497 e. The number of rotatable bonds is 7. The molecule has 4 nitrogen and oxygen atoms in total. The highest BCUT2D eigenvalue weighted by atomic mass is 19.1. The number of nitrogens with zero attached hydrogens (tertiary/aromatic N) is 1. The highest BCUT2D eigenvalue weighted by Gasteiger charge is 2.00. The first-order valence-electron chi connectivity index (χ1n) is 7.59. The summed E-state index contributed by atoms with van der Waals surface area (Å²) < 4.78 is 18.6. The van der Waals surface area contributed by atoms with Crippen molar-refractivity contribution in [3.63, 3.8) is 0 Å². The first-order chi connectivity index (χ1) is 11.2. The van der Waals surface area contributed by atoms with E-state index in [4.69, 9.17) is 10.5 Å². The van der Waals surface area contributed by atoms with Crippen LogP contribution in [-0.2, 0) is 12.8 Å². The van der Waals surface area contributed by atoms with Crippen LogP contribution in [0, 0.1) is 5.82 Å². The highest BCUT2D eigenvalue weighted by molar-refractivity contribution is 5.77. The molecule has 0 saturated carbocycles. The van der Waals surface area contributed by atoms with Crippen LogP contribution in [0.2, 0.25) is 0 Å². The van der Waals surface area contributed by atoms with E-state index in [1.54, 1.807) is 19.2 Å². The molecule has 0 amide bonds. The fourth-order valence-corrected chi connectivity index (χ4v) is 2.18. The van der Waals surface area contributed by atoms with Gasteiger partial charge in [0.15, 0.2) is 5.96 Å². The molecule has 0 spiro atoms. The van der Waals surface area contributed by atoms with Gasteiger partial charge in [-0.3, -0.25) is 4.99 Å². The van der Waals surface area contributed by atoms with Gasteiger partial charge in [-0.1, -0.05) is 30.3 Å². The first kappa shape index (κ1) is 16.8. The van der Waals surface area contributed by atoms with Crippen molar-refractivity contribution in [1.82, 2.24) is 5.32 Å². The second kappa shape index (κ2) is 8.78. The first-order valence-corrected chi connectivity index (χ1v) is 7.59. The second-order valence-corrected chi connectivity index (χ2v) is 5.13. The summed E-state index contributed by atoms with van der Waals surface area (Å²) in [6.07, 6.45) is 1.38. The monoisotopic (exact) mass is 315 g/mol. The van der Waals surface area contributed by atoms with Crippen LogP contribution < -0.4 is 15.8 Å². The van der Waals surface area contributed by atoms with Gasteiger partial charge in [0.2, 0.25) is 0 Å². The molecule has 2 aromatic rings. The number of nitrogens with two attached hydrogens (primary N) is 1. The number of hydrogen-bond acceptors (Lipinski definition) is 2. The highest BCUT2D eigenvalue weighted by Crippen LogP contribution is 2.11. The molecule has 0 bridgehead atoms. The van der Waals surface area contributed by atoms with E-state index in [0.29, 0.717) is 31.0 Å². The van der Waals surface area contributed by atoms with Crippen LogP contribution in [0.1, 0.15) is 11.1 Å². The van der Waals surface area contributed by atoms with Gasteiger partial charge < -0.3 is 15.8 Å². The van der Waals surface area contributed by atoms with Gasteiger partial charge >= 0.3 is 0 Å². The predicted molar refractivity (Wildman–Crippen MR) is 91.3 cm³/mol. The van der Waals surface area contributed by atoms with Crippen molar-refractivity contribution in [2.24, 2.45) is 10.7 Å². The Hall–Kier alpha value is -2.56. The molecule has 0 saturated heterocycles. The van der Waals surface area contributed by atoms with E-state index in [0.717, 1.165) is 12.2 Å². The Morgan fingerprint density at radius 2 is 1.87 bits per heavy atom. The average Bonchev–Trinajstić information content (AvgIpc) is 2.57. The molecule has 2 aromatic carbocycles. The Balaban J connectivity index is 1.71. The zero-order chi connectivity index (χ0) is 16.5. The summed E-state index contributed by atoms with van der Waals surface area (Å²) >= 11 is 0. The number of nitrogens with one attached hydrogen (secondary N) is 1. The second-order valence-electron chi connectivity index (χ2n) is 5.13. The van der Waals surface area contributed by atoms with Crippen molar-refractivity contribution in [1.29, 1.82) is 0 Å². The van der Waals surface area contributed by atoms with Gasteiger partial charge in [-0.15, -0.1) is 0 Å². The summed E-state index contributed by atoms with van der Waals surface area (Å²) in [5, 5.41) is 3.06. The lowest BCUT2D eigenvalue weighted by atomic mass is 10.1. The van der Waals surface area contributed by atoms with Crippen LogP contribution in [-0.4, -0.2) is 26.2 Å². The normalized spacial score (nSPS) is 11.3. The molecule has 0 aromatic heterocycles. The molecule has 0 fully saturated rings. The van der Waals surface area contributed by atoms with E-state index in [1.165, 1.54) is 11.6 Å². The zero-order valence-corrected chi connectivity index (χ0v) is 13.3. The fourth-order valence-electron chi connectivity index (χ4n) is 2.18. The van der Waals surface area contributed by atoms with E-state index in [9.17, 15) is 4.39 Å². The van der Waals surface area contributed by atoms with Crippen molar-refractivity contribution < 1.29 is 9.13 Å². The van der Waals surface area contributed by atoms with Gasteiger partial charge in [0.05, 0.1) is 7.11 Å². The van der Waals surface area contributed by atoms with Gasteiger partial charge in [-0.25, -0.2) is 4.39 Å². The number of methoxy groups -OCH3 is 1. The van der Waals surface area contributed by atoms with Crippen LogP contribution in [0.3, 0.4) is 0 Å². The third-order valence-corrected chi connectivity index (χ3v) is 3.50. The molecule has 2 rings (SSSR count). The molecule has 3 N–H and O–H groups in total. The lowest BCUT2D eigenvalue weighted by molar-refractivity contribution is 0.414. The fraction of sp³-hybridized carbons (Fsp3) is 0.278. The summed E-state index contributed by atoms with van der Waals surface area (Å²) in [6, 6.07) is 14.6. The number of halogens is 1. The Bertz CT molecular complexity index is 641. The quantitative estimate of drug-likeness (QED) is 0.610. The van der Waals surface area contributed by atoms with E-state index >= 15 is 0 Å². The van der Waals surface area contributed by atoms with Crippen LogP contribution in [0.15, 0.2) is 53.5 Å². The molecule has 0 aliphatic rings. The lowest BCUT2D eigenvalue weighted by Gasteiger charge is -2.07. The maximum atomic E-state index is 13.5. The molecule has 5 heteroatoms. The maximum Gasteiger partial charge on any atom is 0.188 e. The molecular formula is C18H22FN3O. The van der Waals surface area contributed by atoms with E-state index in [1.807, 2.05) is 30.3 Å². The smallest absolute Gasteiger partial charge is 0.188 e. The minimum atomic E-state index is -0.200. The molecule has 122 valence electrons. The largest absolute Gasteiger partial charge is 0.497 e. The molecule has 0 aliphatic carbocycles. The van der Waals surface area contributed by atoms with Crippen molar-refractivity contribution >= 4 is 5.96 Å². The standard InChI is InChI=1S/C18H22FN3O/c1-23-16-8-6-14(7-9-16)10-12-21-18(20)22-13-11-15-4-2-3-5-17(15)19/h2-9H,10-13H2,1H3,(H3,20,21,22). The average molecular weight is 315 g/mol.